The highest BCUT2D eigenvalue weighted by atomic mass is 32.2. The second-order valence-corrected chi connectivity index (χ2v) is 8.67. The minimum atomic E-state index is -4.30. The molecular formula is C16H22F3N3O4S. The molecule has 152 valence electrons. The van der Waals surface area contributed by atoms with Gasteiger partial charge in [0.05, 0.1) is 15.7 Å². The third-order valence-electron chi connectivity index (χ3n) is 4.36. The zero-order valence-electron chi connectivity index (χ0n) is 14.9. The second kappa shape index (κ2) is 8.01. The molecule has 0 radical (unpaired) electrons. The van der Waals surface area contributed by atoms with Gasteiger partial charge in [0.2, 0.25) is 10.0 Å². The van der Waals surface area contributed by atoms with Gasteiger partial charge in [0.25, 0.3) is 5.69 Å². The molecule has 0 spiro atoms. The molecule has 2 rings (SSSR count). The Labute approximate surface area is 155 Å². The lowest BCUT2D eigenvalue weighted by atomic mass is 9.85. The van der Waals surface area contributed by atoms with E-state index in [4.69, 9.17) is 0 Å². The number of anilines is 1. The molecule has 2 N–H and O–H groups in total. The van der Waals surface area contributed by atoms with Crippen LogP contribution in [0.2, 0.25) is 0 Å². The van der Waals surface area contributed by atoms with Crippen molar-refractivity contribution in [3.05, 3.63) is 28.3 Å². The van der Waals surface area contributed by atoms with E-state index in [1.807, 2.05) is 0 Å². The van der Waals surface area contributed by atoms with Crippen LogP contribution in [0.25, 0.3) is 0 Å². The summed E-state index contributed by atoms with van der Waals surface area (Å²) >= 11 is 0. The molecule has 1 aromatic rings. The van der Waals surface area contributed by atoms with E-state index < -0.39 is 44.8 Å². The van der Waals surface area contributed by atoms with Crippen LogP contribution in [0.4, 0.5) is 24.5 Å². The average Bonchev–Trinajstić information content (AvgIpc) is 2.53. The van der Waals surface area contributed by atoms with Gasteiger partial charge in [0.1, 0.15) is 5.69 Å². The van der Waals surface area contributed by atoms with Crippen molar-refractivity contribution >= 4 is 21.4 Å². The zero-order valence-corrected chi connectivity index (χ0v) is 15.7. The first-order valence-corrected chi connectivity index (χ1v) is 10.0. The molecule has 27 heavy (non-hydrogen) atoms. The number of nitro groups is 1. The van der Waals surface area contributed by atoms with Crippen LogP contribution in [0.1, 0.15) is 39.5 Å². The van der Waals surface area contributed by atoms with E-state index in [1.165, 1.54) is 12.1 Å². The van der Waals surface area contributed by atoms with Crippen LogP contribution in [0.5, 0.6) is 0 Å². The lowest BCUT2D eigenvalue weighted by molar-refractivity contribution is -0.384. The topological polar surface area (TPSA) is 101 Å². The number of nitrogens with one attached hydrogen (secondary N) is 2. The maximum atomic E-state index is 12.9. The van der Waals surface area contributed by atoms with Crippen molar-refractivity contribution in [1.82, 2.24) is 4.72 Å². The van der Waals surface area contributed by atoms with Crippen molar-refractivity contribution in [3.8, 4) is 0 Å². The van der Waals surface area contributed by atoms with Gasteiger partial charge in [-0.05, 0) is 45.2 Å². The van der Waals surface area contributed by atoms with Gasteiger partial charge in [0, 0.05) is 18.2 Å². The standard InChI is InChI=1S/C16H22F3N3O4S/c1-10(2)21-27(25,26)13-6-7-14(15(9-13)22(23)24)20-12-5-3-4-11(8-12)16(17,18)19/h6-7,9-12,20-21H,3-5,8H2,1-2H3/t11-,12+/m1/s1. The number of halogens is 3. The summed E-state index contributed by atoms with van der Waals surface area (Å²) in [5.74, 6) is -1.45. The Morgan fingerprint density at radius 2 is 1.93 bits per heavy atom. The van der Waals surface area contributed by atoms with Gasteiger partial charge >= 0.3 is 6.18 Å². The average molecular weight is 409 g/mol. The van der Waals surface area contributed by atoms with E-state index >= 15 is 0 Å². The summed E-state index contributed by atoms with van der Waals surface area (Å²) in [4.78, 5) is 10.3. The molecule has 1 aliphatic carbocycles. The van der Waals surface area contributed by atoms with Crippen molar-refractivity contribution in [2.24, 2.45) is 5.92 Å². The fraction of sp³-hybridized carbons (Fsp3) is 0.625. The number of sulfonamides is 1. The largest absolute Gasteiger partial charge is 0.391 e. The Bertz CT molecular complexity index is 797. The fourth-order valence-electron chi connectivity index (χ4n) is 3.17. The Balaban J connectivity index is 2.26. The smallest absolute Gasteiger partial charge is 0.377 e. The predicted octanol–water partition coefficient (Wildman–Crippen LogP) is 3.81. The fourth-order valence-corrected chi connectivity index (χ4v) is 4.44. The summed E-state index contributed by atoms with van der Waals surface area (Å²) in [6, 6.07) is 2.37. The summed E-state index contributed by atoms with van der Waals surface area (Å²) in [6.45, 7) is 3.23. The van der Waals surface area contributed by atoms with E-state index in [-0.39, 0.29) is 23.4 Å². The maximum Gasteiger partial charge on any atom is 0.391 e. The van der Waals surface area contributed by atoms with Crippen molar-refractivity contribution in [1.29, 1.82) is 0 Å². The summed E-state index contributed by atoms with van der Waals surface area (Å²) in [7, 11) is -3.92. The molecule has 0 saturated heterocycles. The lowest BCUT2D eigenvalue weighted by Gasteiger charge is -2.31. The number of hydrogen-bond donors (Lipinski definition) is 2. The van der Waals surface area contributed by atoms with E-state index in [0.29, 0.717) is 12.8 Å². The maximum absolute atomic E-state index is 12.9. The molecule has 1 saturated carbocycles. The quantitative estimate of drug-likeness (QED) is 0.549. The highest BCUT2D eigenvalue weighted by Crippen LogP contribution is 2.39. The molecule has 2 atom stereocenters. The summed E-state index contributed by atoms with van der Waals surface area (Å²) in [5.41, 5.74) is -0.480. The van der Waals surface area contributed by atoms with Crippen molar-refractivity contribution in [2.75, 3.05) is 5.32 Å². The zero-order chi connectivity index (χ0) is 20.4. The molecule has 0 amide bonds. The van der Waals surface area contributed by atoms with Crippen LogP contribution in [0, 0.1) is 16.0 Å². The number of rotatable bonds is 6. The third kappa shape index (κ3) is 5.55. The molecule has 0 aromatic heterocycles. The first-order chi connectivity index (χ1) is 12.4. The molecule has 0 aliphatic heterocycles. The van der Waals surface area contributed by atoms with Gasteiger partial charge in [-0.3, -0.25) is 10.1 Å². The Kier molecular flexibility index (Phi) is 6.35. The van der Waals surface area contributed by atoms with Crippen LogP contribution >= 0.6 is 0 Å². The van der Waals surface area contributed by atoms with Crippen LogP contribution in [0.15, 0.2) is 23.1 Å². The Morgan fingerprint density at radius 3 is 2.48 bits per heavy atom. The van der Waals surface area contributed by atoms with Crippen molar-refractivity contribution < 1.29 is 26.5 Å². The highest BCUT2D eigenvalue weighted by Gasteiger charge is 2.42. The van der Waals surface area contributed by atoms with Crippen molar-refractivity contribution in [2.45, 2.75) is 62.7 Å². The molecular weight excluding hydrogens is 387 g/mol. The molecule has 0 unspecified atom stereocenters. The molecule has 1 aliphatic rings. The summed E-state index contributed by atoms with van der Waals surface area (Å²) < 4.78 is 65.5. The van der Waals surface area contributed by atoms with Crippen molar-refractivity contribution in [3.63, 3.8) is 0 Å². The van der Waals surface area contributed by atoms with E-state index in [9.17, 15) is 31.7 Å². The number of nitro benzene ring substituents is 1. The van der Waals surface area contributed by atoms with Gasteiger partial charge in [-0.2, -0.15) is 13.2 Å². The van der Waals surface area contributed by atoms with Gasteiger partial charge in [0.15, 0.2) is 0 Å². The minimum Gasteiger partial charge on any atom is -0.377 e. The molecule has 1 aromatic carbocycles. The van der Waals surface area contributed by atoms with E-state index in [1.54, 1.807) is 13.8 Å². The van der Waals surface area contributed by atoms with Gasteiger partial charge in [-0.25, -0.2) is 13.1 Å². The van der Waals surface area contributed by atoms with Crippen LogP contribution in [0.3, 0.4) is 0 Å². The van der Waals surface area contributed by atoms with Crippen LogP contribution < -0.4 is 10.0 Å². The summed E-state index contributed by atoms with van der Waals surface area (Å²) in [6.07, 6.45) is -3.61. The van der Waals surface area contributed by atoms with Gasteiger partial charge in [-0.1, -0.05) is 6.42 Å². The molecule has 0 bridgehead atoms. The summed E-state index contributed by atoms with van der Waals surface area (Å²) in [5, 5.41) is 14.2. The normalized spacial score (nSPS) is 21.3. The molecule has 11 heteroatoms. The van der Waals surface area contributed by atoms with Gasteiger partial charge in [-0.15, -0.1) is 0 Å². The molecule has 0 heterocycles. The van der Waals surface area contributed by atoms with E-state index in [2.05, 4.69) is 10.0 Å². The molecule has 7 nitrogen and oxygen atoms in total. The number of alkyl halides is 3. The SMILES string of the molecule is CC(C)NS(=O)(=O)c1ccc(N[C@H]2CCC[C@@H](C(F)(F)F)C2)c([N+](=O)[O-])c1. The Morgan fingerprint density at radius 1 is 1.26 bits per heavy atom. The third-order valence-corrected chi connectivity index (χ3v) is 6.02. The lowest BCUT2D eigenvalue weighted by Crippen LogP contribution is -2.34. The first kappa shape index (κ1) is 21.4. The highest BCUT2D eigenvalue weighted by molar-refractivity contribution is 7.89. The number of hydrogen-bond acceptors (Lipinski definition) is 5. The van der Waals surface area contributed by atoms with Gasteiger partial charge < -0.3 is 5.32 Å². The van der Waals surface area contributed by atoms with Crippen LogP contribution in [-0.4, -0.2) is 31.6 Å². The molecule has 1 fully saturated rings. The second-order valence-electron chi connectivity index (χ2n) is 6.96. The predicted molar refractivity (Wildman–Crippen MR) is 94.0 cm³/mol. The minimum absolute atomic E-state index is 0.0105. The monoisotopic (exact) mass is 409 g/mol. The first-order valence-electron chi connectivity index (χ1n) is 8.54. The number of nitrogens with zero attached hydrogens (tertiary/aromatic N) is 1. The Hall–Kier alpha value is -1.88. The van der Waals surface area contributed by atoms with E-state index in [0.717, 1.165) is 6.07 Å². The number of benzene rings is 1. The van der Waals surface area contributed by atoms with Crippen LogP contribution in [-0.2, 0) is 10.0 Å².